The van der Waals surface area contributed by atoms with Crippen LogP contribution in [-0.2, 0) is 15.8 Å². The van der Waals surface area contributed by atoms with Crippen LogP contribution in [0.4, 0.5) is 22.0 Å². The van der Waals surface area contributed by atoms with Crippen LogP contribution >= 0.6 is 0 Å². The number of rotatable bonds is 2. The van der Waals surface area contributed by atoms with Gasteiger partial charge in [0, 0.05) is 19.2 Å². The number of hydrogen-bond acceptors (Lipinski definition) is 3. The molecule has 1 saturated heterocycles. The number of benzene rings is 1. The zero-order chi connectivity index (χ0) is 19.0. The molecule has 0 amide bonds. The molecular formula is C17H20F5NO2. The minimum atomic E-state index is -4.90. The molecular weight excluding hydrogens is 345 g/mol. The molecule has 0 bridgehead atoms. The summed E-state index contributed by atoms with van der Waals surface area (Å²) in [6.45, 7) is 5.46. The van der Waals surface area contributed by atoms with Crippen LogP contribution in [0.3, 0.4) is 0 Å². The Kier molecular flexibility index (Phi) is 5.41. The zero-order valence-electron chi connectivity index (χ0n) is 14.2. The number of carbonyl (C=O) groups is 1. The normalized spacial score (nSPS) is 17.6. The quantitative estimate of drug-likeness (QED) is 0.714. The van der Waals surface area contributed by atoms with Crippen LogP contribution in [0.2, 0.25) is 0 Å². The molecule has 1 aliphatic heterocycles. The largest absolute Gasteiger partial charge is 0.419 e. The molecule has 0 N–H and O–H groups in total. The Hall–Kier alpha value is -1.70. The molecule has 2 rings (SSSR count). The van der Waals surface area contributed by atoms with E-state index >= 15 is 0 Å². The number of carbonyl (C=O) groups excluding carboxylic acids is 1. The van der Waals surface area contributed by atoms with E-state index in [1.165, 1.54) is 5.06 Å². The fraction of sp³-hybridized carbons (Fsp3) is 0.588. The lowest BCUT2D eigenvalue weighted by Gasteiger charge is -2.33. The Labute approximate surface area is 142 Å². The molecule has 1 fully saturated rings. The predicted octanol–water partition coefficient (Wildman–Crippen LogP) is 4.67. The van der Waals surface area contributed by atoms with Crippen molar-refractivity contribution in [3.8, 4) is 0 Å². The van der Waals surface area contributed by atoms with Crippen molar-refractivity contribution in [2.45, 2.75) is 45.7 Å². The van der Waals surface area contributed by atoms with Gasteiger partial charge in [-0.05, 0) is 51.2 Å². The second kappa shape index (κ2) is 6.90. The van der Waals surface area contributed by atoms with Gasteiger partial charge in [-0.15, -0.1) is 5.06 Å². The first-order valence-electron chi connectivity index (χ1n) is 7.93. The predicted molar refractivity (Wildman–Crippen MR) is 80.5 cm³/mol. The molecule has 25 heavy (non-hydrogen) atoms. The van der Waals surface area contributed by atoms with Crippen LogP contribution in [0.1, 0.15) is 50.7 Å². The third-order valence-electron chi connectivity index (χ3n) is 4.09. The third kappa shape index (κ3) is 4.68. The highest BCUT2D eigenvalue weighted by Crippen LogP contribution is 2.40. The lowest BCUT2D eigenvalue weighted by molar-refractivity contribution is -0.204. The van der Waals surface area contributed by atoms with Gasteiger partial charge < -0.3 is 4.84 Å². The number of piperidine rings is 1. The summed E-state index contributed by atoms with van der Waals surface area (Å²) in [7, 11) is 0. The number of hydroxylamine groups is 2. The first kappa shape index (κ1) is 19.6. The lowest BCUT2D eigenvalue weighted by Crippen LogP contribution is -2.38. The third-order valence-corrected chi connectivity index (χ3v) is 4.09. The van der Waals surface area contributed by atoms with Crippen molar-refractivity contribution in [3.63, 3.8) is 0 Å². The fourth-order valence-corrected chi connectivity index (χ4v) is 2.73. The van der Waals surface area contributed by atoms with E-state index < -0.39 is 40.7 Å². The Morgan fingerprint density at radius 2 is 1.68 bits per heavy atom. The summed E-state index contributed by atoms with van der Waals surface area (Å²) in [5, 5.41) is 1.38. The van der Waals surface area contributed by atoms with Crippen molar-refractivity contribution in [1.82, 2.24) is 5.06 Å². The maximum atomic E-state index is 13.7. The second-order valence-corrected chi connectivity index (χ2v) is 7.18. The summed E-state index contributed by atoms with van der Waals surface area (Å²) in [5.41, 5.74) is -2.50. The second-order valence-electron chi connectivity index (χ2n) is 7.18. The van der Waals surface area contributed by atoms with E-state index in [0.717, 1.165) is 6.07 Å². The summed E-state index contributed by atoms with van der Waals surface area (Å²) < 4.78 is 66.5. The van der Waals surface area contributed by atoms with Gasteiger partial charge >= 0.3 is 12.1 Å². The van der Waals surface area contributed by atoms with Crippen LogP contribution in [0, 0.1) is 17.0 Å². The van der Waals surface area contributed by atoms with Gasteiger partial charge in [0.05, 0.1) is 11.0 Å². The van der Waals surface area contributed by atoms with E-state index in [1.807, 2.05) is 0 Å². The highest BCUT2D eigenvalue weighted by molar-refractivity contribution is 5.75. The summed E-state index contributed by atoms with van der Waals surface area (Å²) >= 11 is 0. The van der Waals surface area contributed by atoms with E-state index in [2.05, 4.69) is 0 Å². The van der Waals surface area contributed by atoms with Gasteiger partial charge in [0.2, 0.25) is 0 Å². The first-order chi connectivity index (χ1) is 11.4. The lowest BCUT2D eigenvalue weighted by atomic mass is 9.86. The maximum Gasteiger partial charge on any atom is 0.419 e. The average molecular weight is 365 g/mol. The van der Waals surface area contributed by atoms with E-state index in [4.69, 9.17) is 4.84 Å². The monoisotopic (exact) mass is 365 g/mol. The summed E-state index contributed by atoms with van der Waals surface area (Å²) in [5.74, 6) is -3.75. The number of nitrogens with zero attached hydrogens (tertiary/aromatic N) is 1. The number of hydrogen-bond donors (Lipinski definition) is 0. The molecule has 0 spiro atoms. The van der Waals surface area contributed by atoms with Crippen molar-refractivity contribution >= 4 is 5.97 Å². The maximum absolute atomic E-state index is 13.7. The molecule has 0 radical (unpaired) electrons. The zero-order valence-corrected chi connectivity index (χ0v) is 14.2. The minimum absolute atomic E-state index is 0.196. The molecule has 1 heterocycles. The number of alkyl halides is 3. The molecule has 1 aromatic rings. The van der Waals surface area contributed by atoms with Gasteiger partial charge in [-0.2, -0.15) is 13.2 Å². The Bertz CT molecular complexity index is 644. The Morgan fingerprint density at radius 1 is 1.12 bits per heavy atom. The van der Waals surface area contributed by atoms with Crippen LogP contribution in [0.15, 0.2) is 12.1 Å². The first-order valence-corrected chi connectivity index (χ1v) is 7.93. The Morgan fingerprint density at radius 3 is 2.16 bits per heavy atom. The van der Waals surface area contributed by atoms with Crippen molar-refractivity contribution in [1.29, 1.82) is 0 Å². The van der Waals surface area contributed by atoms with Crippen LogP contribution in [0.5, 0.6) is 0 Å². The molecule has 0 aromatic heterocycles. The van der Waals surface area contributed by atoms with E-state index in [0.29, 0.717) is 0 Å². The summed E-state index contributed by atoms with van der Waals surface area (Å²) in [4.78, 5) is 17.1. The SMILES string of the molecule is CC(C)(C)C(=O)ON1CCC(c2cc(F)cc(F)c2C(F)(F)F)CC1. The molecule has 1 aliphatic rings. The average Bonchev–Trinajstić information content (AvgIpc) is 2.44. The van der Waals surface area contributed by atoms with Crippen LogP contribution < -0.4 is 0 Å². The van der Waals surface area contributed by atoms with E-state index in [9.17, 15) is 26.7 Å². The smallest absolute Gasteiger partial charge is 0.367 e. The Balaban J connectivity index is 2.15. The van der Waals surface area contributed by atoms with Crippen molar-refractivity contribution < 1.29 is 31.6 Å². The summed E-state index contributed by atoms with van der Waals surface area (Å²) in [6.07, 6.45) is -4.50. The van der Waals surface area contributed by atoms with Crippen molar-refractivity contribution in [3.05, 3.63) is 34.9 Å². The van der Waals surface area contributed by atoms with Gasteiger partial charge in [-0.1, -0.05) is 0 Å². The van der Waals surface area contributed by atoms with Gasteiger partial charge in [0.15, 0.2) is 0 Å². The molecule has 0 saturated carbocycles. The molecule has 140 valence electrons. The fourth-order valence-electron chi connectivity index (χ4n) is 2.73. The molecule has 0 unspecified atom stereocenters. The molecule has 0 atom stereocenters. The molecule has 1 aromatic carbocycles. The molecule has 8 heteroatoms. The summed E-state index contributed by atoms with van der Waals surface area (Å²) in [6, 6.07) is 0.986. The van der Waals surface area contributed by atoms with Gasteiger partial charge in [-0.25, -0.2) is 13.6 Å². The molecule has 0 aliphatic carbocycles. The van der Waals surface area contributed by atoms with Crippen LogP contribution in [-0.4, -0.2) is 24.1 Å². The van der Waals surface area contributed by atoms with Crippen molar-refractivity contribution in [2.24, 2.45) is 5.41 Å². The standard InChI is InChI=1S/C17H20F5NO2/c1-16(2,3)15(24)25-23-6-4-10(5-7-23)12-8-11(18)9-13(19)14(12)17(20,21)22/h8-10H,4-7H2,1-3H3. The number of halogens is 5. The highest BCUT2D eigenvalue weighted by atomic mass is 19.4. The van der Waals surface area contributed by atoms with Gasteiger partial charge in [-0.3, -0.25) is 0 Å². The van der Waals surface area contributed by atoms with E-state index in [-0.39, 0.29) is 37.6 Å². The van der Waals surface area contributed by atoms with E-state index in [1.54, 1.807) is 20.8 Å². The van der Waals surface area contributed by atoms with Crippen molar-refractivity contribution in [2.75, 3.05) is 13.1 Å². The van der Waals surface area contributed by atoms with Gasteiger partial charge in [0.25, 0.3) is 0 Å². The molecule has 3 nitrogen and oxygen atoms in total. The minimum Gasteiger partial charge on any atom is -0.367 e. The van der Waals surface area contributed by atoms with Gasteiger partial charge in [0.1, 0.15) is 11.6 Å². The highest BCUT2D eigenvalue weighted by Gasteiger charge is 2.40. The topological polar surface area (TPSA) is 29.5 Å². The van der Waals surface area contributed by atoms with Crippen LogP contribution in [0.25, 0.3) is 0 Å².